The van der Waals surface area contributed by atoms with Crippen molar-refractivity contribution in [3.63, 3.8) is 0 Å². The fourth-order valence-corrected chi connectivity index (χ4v) is 2.15. The van der Waals surface area contributed by atoms with Crippen molar-refractivity contribution >= 4 is 12.0 Å². The van der Waals surface area contributed by atoms with Crippen LogP contribution in [0.4, 0.5) is 4.79 Å². The van der Waals surface area contributed by atoms with Crippen molar-refractivity contribution in [2.75, 3.05) is 46.8 Å². The molecule has 0 unspecified atom stereocenters. The van der Waals surface area contributed by atoms with Gasteiger partial charge in [0.2, 0.25) is 0 Å². The molecule has 0 aromatic carbocycles. The minimum Gasteiger partial charge on any atom is -0.480 e. The zero-order chi connectivity index (χ0) is 15.1. The molecule has 0 saturated heterocycles. The molecular weight excluding hydrogens is 258 g/mol. The average Bonchev–Trinajstić information content (AvgIpc) is 3.16. The lowest BCUT2D eigenvalue weighted by molar-refractivity contribution is -0.137. The van der Waals surface area contributed by atoms with E-state index in [1.54, 1.807) is 4.90 Å². The van der Waals surface area contributed by atoms with E-state index in [9.17, 15) is 9.59 Å². The fourth-order valence-electron chi connectivity index (χ4n) is 2.15. The predicted octanol–water partition coefficient (Wildman–Crippen LogP) is 1.18. The Balaban J connectivity index is 2.51. The summed E-state index contributed by atoms with van der Waals surface area (Å²) in [7, 11) is 4.00. The van der Waals surface area contributed by atoms with Gasteiger partial charge in [-0.05, 0) is 52.7 Å². The van der Waals surface area contributed by atoms with E-state index in [-0.39, 0.29) is 12.6 Å². The number of carboxylic acid groups (broad SMARTS) is 1. The SMILES string of the molecule is CCN(CCCN(C)C)C(=O)N(CC(=O)O)CC1CC1. The standard InChI is InChI=1S/C14H27N3O3/c1-4-16(9-5-8-15(2)3)14(20)17(11-13(18)19)10-12-6-7-12/h12H,4-11H2,1-3H3,(H,18,19). The molecule has 0 aromatic rings. The summed E-state index contributed by atoms with van der Waals surface area (Å²) in [6.45, 7) is 4.53. The highest BCUT2D eigenvalue weighted by molar-refractivity contribution is 5.80. The Morgan fingerprint density at radius 2 is 1.80 bits per heavy atom. The fraction of sp³-hybridized carbons (Fsp3) is 0.857. The lowest BCUT2D eigenvalue weighted by Crippen LogP contribution is -2.46. The first-order valence-electron chi connectivity index (χ1n) is 7.34. The minimum absolute atomic E-state index is 0.138. The molecule has 1 fully saturated rings. The van der Waals surface area contributed by atoms with Crippen LogP contribution in [0, 0.1) is 5.92 Å². The molecule has 6 nitrogen and oxygen atoms in total. The maximum atomic E-state index is 12.4. The van der Waals surface area contributed by atoms with Crippen LogP contribution < -0.4 is 0 Å². The van der Waals surface area contributed by atoms with Gasteiger partial charge in [-0.3, -0.25) is 4.79 Å². The molecule has 1 N–H and O–H groups in total. The quantitative estimate of drug-likeness (QED) is 0.691. The van der Waals surface area contributed by atoms with Gasteiger partial charge in [0, 0.05) is 19.6 Å². The molecular formula is C14H27N3O3. The molecule has 0 atom stereocenters. The van der Waals surface area contributed by atoms with Crippen LogP contribution >= 0.6 is 0 Å². The largest absolute Gasteiger partial charge is 0.480 e. The zero-order valence-corrected chi connectivity index (χ0v) is 12.8. The second-order valence-electron chi connectivity index (χ2n) is 5.74. The summed E-state index contributed by atoms with van der Waals surface area (Å²) in [5, 5.41) is 8.95. The van der Waals surface area contributed by atoms with Crippen molar-refractivity contribution in [3.05, 3.63) is 0 Å². The van der Waals surface area contributed by atoms with Crippen molar-refractivity contribution in [2.24, 2.45) is 5.92 Å². The Bertz CT molecular complexity index is 330. The van der Waals surface area contributed by atoms with E-state index in [0.29, 0.717) is 25.6 Å². The topological polar surface area (TPSA) is 64.1 Å². The van der Waals surface area contributed by atoms with Crippen molar-refractivity contribution in [2.45, 2.75) is 26.2 Å². The van der Waals surface area contributed by atoms with Crippen LogP contribution in [0.3, 0.4) is 0 Å². The summed E-state index contributed by atoms with van der Waals surface area (Å²) in [6.07, 6.45) is 3.11. The van der Waals surface area contributed by atoms with Crippen molar-refractivity contribution in [3.8, 4) is 0 Å². The van der Waals surface area contributed by atoms with Crippen LogP contribution in [0.15, 0.2) is 0 Å². The van der Waals surface area contributed by atoms with Gasteiger partial charge in [0.25, 0.3) is 0 Å². The lowest BCUT2D eigenvalue weighted by Gasteiger charge is -2.29. The Labute approximate surface area is 121 Å². The van der Waals surface area contributed by atoms with E-state index in [2.05, 4.69) is 4.90 Å². The normalized spacial score (nSPS) is 14.4. The van der Waals surface area contributed by atoms with E-state index in [1.165, 1.54) is 4.90 Å². The number of hydrogen-bond acceptors (Lipinski definition) is 3. The highest BCUT2D eigenvalue weighted by Gasteiger charge is 2.29. The molecule has 1 rings (SSSR count). The third-order valence-corrected chi connectivity index (χ3v) is 3.46. The lowest BCUT2D eigenvalue weighted by atomic mass is 10.3. The second-order valence-corrected chi connectivity index (χ2v) is 5.74. The van der Waals surface area contributed by atoms with E-state index in [0.717, 1.165) is 25.8 Å². The van der Waals surface area contributed by atoms with Gasteiger partial charge in [-0.15, -0.1) is 0 Å². The van der Waals surface area contributed by atoms with Gasteiger partial charge < -0.3 is 19.8 Å². The number of rotatable bonds is 9. The van der Waals surface area contributed by atoms with Gasteiger partial charge in [0.05, 0.1) is 0 Å². The van der Waals surface area contributed by atoms with Gasteiger partial charge in [0.15, 0.2) is 0 Å². The summed E-state index contributed by atoms with van der Waals surface area (Å²) in [5.74, 6) is -0.442. The molecule has 0 aromatic heterocycles. The molecule has 0 aliphatic heterocycles. The van der Waals surface area contributed by atoms with Crippen molar-refractivity contribution in [1.82, 2.24) is 14.7 Å². The number of urea groups is 1. The Morgan fingerprint density at radius 3 is 2.25 bits per heavy atom. The third kappa shape index (κ3) is 6.23. The summed E-state index contributed by atoms with van der Waals surface area (Å²) in [6, 6.07) is -0.138. The van der Waals surface area contributed by atoms with Crippen LogP contribution in [0.5, 0.6) is 0 Å². The van der Waals surface area contributed by atoms with E-state index < -0.39 is 5.97 Å². The smallest absolute Gasteiger partial charge is 0.323 e. The predicted molar refractivity (Wildman–Crippen MR) is 77.7 cm³/mol. The summed E-state index contributed by atoms with van der Waals surface area (Å²) in [5.41, 5.74) is 0. The first kappa shape index (κ1) is 16.8. The third-order valence-electron chi connectivity index (χ3n) is 3.46. The van der Waals surface area contributed by atoms with Gasteiger partial charge in [0.1, 0.15) is 6.54 Å². The number of carboxylic acids is 1. The number of carbonyl (C=O) groups is 2. The number of nitrogens with zero attached hydrogens (tertiary/aromatic N) is 3. The summed E-state index contributed by atoms with van der Waals surface area (Å²) in [4.78, 5) is 28.6. The molecule has 0 radical (unpaired) electrons. The Kier molecular flexibility index (Phi) is 6.78. The average molecular weight is 285 g/mol. The first-order chi connectivity index (χ1) is 9.43. The molecule has 0 spiro atoms. The van der Waals surface area contributed by atoms with E-state index >= 15 is 0 Å². The molecule has 1 aliphatic rings. The van der Waals surface area contributed by atoms with Crippen LogP contribution in [-0.2, 0) is 4.79 Å². The number of aliphatic carboxylic acids is 1. The summed E-state index contributed by atoms with van der Waals surface area (Å²) >= 11 is 0. The number of hydrogen-bond donors (Lipinski definition) is 1. The van der Waals surface area contributed by atoms with Crippen LogP contribution in [0.2, 0.25) is 0 Å². The molecule has 6 heteroatoms. The molecule has 0 bridgehead atoms. The molecule has 2 amide bonds. The Hall–Kier alpha value is -1.30. The van der Waals surface area contributed by atoms with Gasteiger partial charge in [-0.25, -0.2) is 4.79 Å². The zero-order valence-electron chi connectivity index (χ0n) is 12.8. The molecule has 0 heterocycles. The minimum atomic E-state index is -0.941. The number of carbonyl (C=O) groups excluding carboxylic acids is 1. The first-order valence-corrected chi connectivity index (χ1v) is 7.34. The van der Waals surface area contributed by atoms with E-state index in [4.69, 9.17) is 5.11 Å². The summed E-state index contributed by atoms with van der Waals surface area (Å²) < 4.78 is 0. The van der Waals surface area contributed by atoms with Crippen molar-refractivity contribution < 1.29 is 14.7 Å². The maximum absolute atomic E-state index is 12.4. The number of amides is 2. The Morgan fingerprint density at radius 1 is 1.15 bits per heavy atom. The molecule has 1 aliphatic carbocycles. The molecule has 116 valence electrons. The van der Waals surface area contributed by atoms with Crippen LogP contribution in [0.1, 0.15) is 26.2 Å². The maximum Gasteiger partial charge on any atom is 0.323 e. The van der Waals surface area contributed by atoms with Gasteiger partial charge in [-0.1, -0.05) is 0 Å². The van der Waals surface area contributed by atoms with Crippen LogP contribution in [-0.4, -0.2) is 78.6 Å². The monoisotopic (exact) mass is 285 g/mol. The van der Waals surface area contributed by atoms with Crippen LogP contribution in [0.25, 0.3) is 0 Å². The van der Waals surface area contributed by atoms with Crippen molar-refractivity contribution in [1.29, 1.82) is 0 Å². The highest BCUT2D eigenvalue weighted by Crippen LogP contribution is 2.29. The molecule has 20 heavy (non-hydrogen) atoms. The highest BCUT2D eigenvalue weighted by atomic mass is 16.4. The second kappa shape index (κ2) is 8.09. The van der Waals surface area contributed by atoms with E-state index in [1.807, 2.05) is 21.0 Å². The van der Waals surface area contributed by atoms with Gasteiger partial charge >= 0.3 is 12.0 Å². The van der Waals surface area contributed by atoms with Gasteiger partial charge in [-0.2, -0.15) is 0 Å². The molecule has 1 saturated carbocycles.